The molecule has 6 heteroatoms. The van der Waals surface area contributed by atoms with Crippen molar-refractivity contribution in [1.82, 2.24) is 9.88 Å². The van der Waals surface area contributed by atoms with Crippen LogP contribution < -0.4 is 5.32 Å². The Hall–Kier alpha value is -2.21. The van der Waals surface area contributed by atoms with Crippen LogP contribution in [0, 0.1) is 6.92 Å². The van der Waals surface area contributed by atoms with E-state index in [1.165, 1.54) is 16.2 Å². The number of carbonyl (C=O) groups is 2. The van der Waals surface area contributed by atoms with E-state index in [9.17, 15) is 9.59 Å². The maximum absolute atomic E-state index is 12.3. The highest BCUT2D eigenvalue weighted by atomic mass is 32.1. The number of carbonyl (C=O) groups excluding carboxylic acids is 2. The molecule has 0 unspecified atom stereocenters. The Morgan fingerprint density at radius 2 is 1.86 bits per heavy atom. The van der Waals surface area contributed by atoms with Crippen molar-refractivity contribution in [3.63, 3.8) is 0 Å². The first-order valence-corrected chi connectivity index (χ1v) is 7.76. The lowest BCUT2D eigenvalue weighted by molar-refractivity contribution is -0.117. The molecule has 22 heavy (non-hydrogen) atoms. The maximum Gasteiger partial charge on any atom is 0.265 e. The number of hydrogen-bond donors (Lipinski definition) is 1. The highest BCUT2D eigenvalue weighted by Crippen LogP contribution is 2.25. The van der Waals surface area contributed by atoms with Crippen molar-refractivity contribution >= 4 is 28.3 Å². The quantitative estimate of drug-likeness (QED) is 0.943. The van der Waals surface area contributed by atoms with Crippen LogP contribution in [0.5, 0.6) is 0 Å². The molecule has 0 saturated heterocycles. The Bertz CT molecular complexity index is 680. The highest BCUT2D eigenvalue weighted by molar-refractivity contribution is 7.17. The predicted molar refractivity (Wildman–Crippen MR) is 88.4 cm³/mol. The molecule has 5 nitrogen and oxygen atoms in total. The number of nitrogens with zero attached hydrogens (tertiary/aromatic N) is 2. The third-order valence-electron chi connectivity index (χ3n) is 3.32. The fourth-order valence-electron chi connectivity index (χ4n) is 1.96. The van der Waals surface area contributed by atoms with E-state index in [2.05, 4.69) is 10.3 Å². The lowest BCUT2D eigenvalue weighted by atomic mass is 10.0. The predicted octanol–water partition coefficient (Wildman–Crippen LogP) is 2.90. The van der Waals surface area contributed by atoms with Crippen molar-refractivity contribution in [2.75, 3.05) is 19.4 Å². The van der Waals surface area contributed by atoms with Crippen molar-refractivity contribution in [3.05, 3.63) is 46.5 Å². The number of amides is 2. The van der Waals surface area contributed by atoms with E-state index < -0.39 is 0 Å². The van der Waals surface area contributed by atoms with Crippen molar-refractivity contribution < 1.29 is 9.59 Å². The minimum atomic E-state index is -0.279. The number of aromatic nitrogens is 1. The van der Waals surface area contributed by atoms with Gasteiger partial charge < -0.3 is 10.2 Å². The normalized spacial score (nSPS) is 11.8. The minimum Gasteiger partial charge on any atom is -0.344 e. The zero-order chi connectivity index (χ0) is 16.3. The van der Waals surface area contributed by atoms with Gasteiger partial charge in [-0.15, -0.1) is 0 Å². The Labute approximate surface area is 134 Å². The smallest absolute Gasteiger partial charge is 0.265 e. The number of rotatable bonds is 4. The van der Waals surface area contributed by atoms with Crippen LogP contribution in [0.4, 0.5) is 5.13 Å². The Morgan fingerprint density at radius 3 is 2.45 bits per heavy atom. The average molecular weight is 317 g/mol. The topological polar surface area (TPSA) is 62.3 Å². The summed E-state index contributed by atoms with van der Waals surface area (Å²) in [5.41, 5.74) is 1.57. The van der Waals surface area contributed by atoms with Gasteiger partial charge in [-0.3, -0.25) is 9.59 Å². The first kappa shape index (κ1) is 16.2. The second-order valence-electron chi connectivity index (χ2n) is 5.25. The SMILES string of the molecule is Cc1nc(NC(=O)[C@H](C)c2ccccc2)sc1C(=O)N(C)C. The molecule has 116 valence electrons. The Kier molecular flexibility index (Phi) is 4.92. The molecule has 1 aromatic carbocycles. The van der Waals surface area contributed by atoms with E-state index >= 15 is 0 Å². The van der Waals surface area contributed by atoms with Gasteiger partial charge in [0.1, 0.15) is 4.88 Å². The summed E-state index contributed by atoms with van der Waals surface area (Å²) in [5.74, 6) is -0.520. The molecule has 0 fully saturated rings. The zero-order valence-electron chi connectivity index (χ0n) is 13.1. The fraction of sp³-hybridized carbons (Fsp3) is 0.312. The van der Waals surface area contributed by atoms with E-state index in [-0.39, 0.29) is 17.7 Å². The highest BCUT2D eigenvalue weighted by Gasteiger charge is 2.20. The summed E-state index contributed by atoms with van der Waals surface area (Å²) in [4.78, 5) is 30.6. The fourth-order valence-corrected chi connectivity index (χ4v) is 2.95. The standard InChI is InChI=1S/C16H19N3O2S/c1-10(12-8-6-5-7-9-12)14(20)18-16-17-11(2)13(22-16)15(21)19(3)4/h5-10H,1-4H3,(H,17,18,20)/t10-/m1/s1. The van der Waals surface area contributed by atoms with Gasteiger partial charge in [0.2, 0.25) is 5.91 Å². The minimum absolute atomic E-state index is 0.105. The van der Waals surface area contributed by atoms with Crippen molar-refractivity contribution in [3.8, 4) is 0 Å². The molecule has 2 rings (SSSR count). The molecule has 0 radical (unpaired) electrons. The van der Waals surface area contributed by atoms with Gasteiger partial charge in [-0.2, -0.15) is 0 Å². The molecule has 0 aliphatic heterocycles. The molecule has 1 atom stereocenters. The maximum atomic E-state index is 12.3. The Balaban J connectivity index is 2.13. The third kappa shape index (κ3) is 3.51. The molecule has 0 spiro atoms. The van der Waals surface area contributed by atoms with Crippen LogP contribution in [0.1, 0.15) is 33.8 Å². The molecule has 0 aliphatic carbocycles. The van der Waals surface area contributed by atoms with Crippen molar-refractivity contribution in [1.29, 1.82) is 0 Å². The van der Waals surface area contributed by atoms with Gasteiger partial charge in [0.05, 0.1) is 11.6 Å². The van der Waals surface area contributed by atoms with E-state index in [1.54, 1.807) is 21.0 Å². The molecule has 0 bridgehead atoms. The number of nitrogens with one attached hydrogen (secondary N) is 1. The van der Waals surface area contributed by atoms with Gasteiger partial charge in [0.15, 0.2) is 5.13 Å². The third-order valence-corrected chi connectivity index (χ3v) is 4.38. The monoisotopic (exact) mass is 317 g/mol. The molecule has 0 aliphatic rings. The zero-order valence-corrected chi connectivity index (χ0v) is 13.9. The second kappa shape index (κ2) is 6.70. The van der Waals surface area contributed by atoms with Crippen LogP contribution in [0.2, 0.25) is 0 Å². The number of thiazole rings is 1. The molecule has 2 amide bonds. The van der Waals surface area contributed by atoms with Crippen LogP contribution in [0.15, 0.2) is 30.3 Å². The summed E-state index contributed by atoms with van der Waals surface area (Å²) in [6.45, 7) is 3.61. The summed E-state index contributed by atoms with van der Waals surface area (Å²) in [5, 5.41) is 3.25. The summed E-state index contributed by atoms with van der Waals surface area (Å²) >= 11 is 1.20. The first-order valence-electron chi connectivity index (χ1n) is 6.95. The molecular formula is C16H19N3O2S. The summed E-state index contributed by atoms with van der Waals surface area (Å²) in [6.07, 6.45) is 0. The molecule has 1 heterocycles. The van der Waals surface area contributed by atoms with Gasteiger partial charge in [-0.1, -0.05) is 41.7 Å². The van der Waals surface area contributed by atoms with Crippen LogP contribution in [0.3, 0.4) is 0 Å². The van der Waals surface area contributed by atoms with Gasteiger partial charge in [0, 0.05) is 14.1 Å². The summed E-state index contributed by atoms with van der Waals surface area (Å²) in [6, 6.07) is 9.55. The van der Waals surface area contributed by atoms with Crippen LogP contribution in [0.25, 0.3) is 0 Å². The molecule has 2 aromatic rings. The molecule has 0 saturated carbocycles. The number of benzene rings is 1. The van der Waals surface area contributed by atoms with E-state index in [4.69, 9.17) is 0 Å². The largest absolute Gasteiger partial charge is 0.344 e. The van der Waals surface area contributed by atoms with Crippen LogP contribution in [-0.2, 0) is 4.79 Å². The number of hydrogen-bond acceptors (Lipinski definition) is 4. The van der Waals surface area contributed by atoms with Crippen molar-refractivity contribution in [2.45, 2.75) is 19.8 Å². The summed E-state index contributed by atoms with van der Waals surface area (Å²) in [7, 11) is 3.38. The average Bonchev–Trinajstić information content (AvgIpc) is 2.86. The molecule has 1 aromatic heterocycles. The first-order chi connectivity index (χ1) is 10.4. The van der Waals surface area contributed by atoms with Gasteiger partial charge in [-0.25, -0.2) is 4.98 Å². The van der Waals surface area contributed by atoms with E-state index in [0.29, 0.717) is 15.7 Å². The molecular weight excluding hydrogens is 298 g/mol. The van der Waals surface area contributed by atoms with Gasteiger partial charge >= 0.3 is 0 Å². The molecule has 1 N–H and O–H groups in total. The lowest BCUT2D eigenvalue weighted by Crippen LogP contribution is -2.21. The van der Waals surface area contributed by atoms with Crippen LogP contribution in [-0.4, -0.2) is 35.8 Å². The van der Waals surface area contributed by atoms with Crippen molar-refractivity contribution in [2.24, 2.45) is 0 Å². The van der Waals surface area contributed by atoms with Crippen LogP contribution >= 0.6 is 11.3 Å². The van der Waals surface area contributed by atoms with Gasteiger partial charge in [-0.05, 0) is 19.4 Å². The second-order valence-corrected chi connectivity index (χ2v) is 6.25. The lowest BCUT2D eigenvalue weighted by Gasteiger charge is -2.10. The van der Waals surface area contributed by atoms with Gasteiger partial charge in [0.25, 0.3) is 5.91 Å². The van der Waals surface area contributed by atoms with E-state index in [1.807, 2.05) is 37.3 Å². The Morgan fingerprint density at radius 1 is 1.23 bits per heavy atom. The number of aryl methyl sites for hydroxylation is 1. The van der Waals surface area contributed by atoms with E-state index in [0.717, 1.165) is 5.56 Å². The summed E-state index contributed by atoms with van der Waals surface area (Å²) < 4.78 is 0. The number of anilines is 1.